The van der Waals surface area contributed by atoms with Gasteiger partial charge in [0.25, 0.3) is 0 Å². The van der Waals surface area contributed by atoms with Crippen molar-refractivity contribution in [2.24, 2.45) is 0 Å². The van der Waals surface area contributed by atoms with Crippen molar-refractivity contribution in [1.29, 1.82) is 0 Å². The molecule has 0 unspecified atom stereocenters. The normalized spacial score (nSPS) is 10.5. The average Bonchev–Trinajstić information content (AvgIpc) is 2.48. The molecule has 0 spiro atoms. The van der Waals surface area contributed by atoms with Gasteiger partial charge in [0.1, 0.15) is 5.82 Å². The lowest BCUT2D eigenvalue weighted by Gasteiger charge is -1.99. The van der Waals surface area contributed by atoms with E-state index in [9.17, 15) is 0 Å². The zero-order chi connectivity index (χ0) is 8.55. The number of aryl methyl sites for hydroxylation is 1. The molecule has 2 rings (SSSR count). The molecule has 12 heavy (non-hydrogen) atoms. The summed E-state index contributed by atoms with van der Waals surface area (Å²) in [7, 11) is 1.62. The smallest absolute Gasteiger partial charge is 0.203 e. The van der Waals surface area contributed by atoms with Crippen LogP contribution in [0.1, 0.15) is 5.82 Å². The number of methoxy groups -OCH3 is 1. The second kappa shape index (κ2) is 2.48. The van der Waals surface area contributed by atoms with E-state index in [1.54, 1.807) is 7.11 Å². The van der Waals surface area contributed by atoms with Crippen LogP contribution in [-0.4, -0.2) is 21.7 Å². The summed E-state index contributed by atoms with van der Waals surface area (Å²) >= 11 is 0. The number of fused-ring (bicyclic) bond motifs is 1. The lowest BCUT2D eigenvalue weighted by Crippen LogP contribution is -1.90. The highest BCUT2D eigenvalue weighted by Crippen LogP contribution is 2.16. The molecule has 0 saturated heterocycles. The molecule has 0 aromatic carbocycles. The van der Waals surface area contributed by atoms with E-state index in [0.29, 0.717) is 0 Å². The van der Waals surface area contributed by atoms with Gasteiger partial charge in [-0.3, -0.25) is 4.40 Å². The molecule has 62 valence electrons. The van der Waals surface area contributed by atoms with Crippen LogP contribution in [0.15, 0.2) is 18.3 Å². The number of hydrogen-bond acceptors (Lipinski definition) is 3. The lowest BCUT2D eigenvalue weighted by atomic mass is 10.4. The van der Waals surface area contributed by atoms with E-state index < -0.39 is 0 Å². The molecular weight excluding hydrogens is 154 g/mol. The summed E-state index contributed by atoms with van der Waals surface area (Å²) in [6.45, 7) is 1.90. The first-order chi connectivity index (χ1) is 5.83. The summed E-state index contributed by atoms with van der Waals surface area (Å²) in [5, 5.41) is 7.91. The van der Waals surface area contributed by atoms with E-state index in [1.807, 2.05) is 29.7 Å². The Morgan fingerprint density at radius 1 is 1.42 bits per heavy atom. The molecule has 4 nitrogen and oxygen atoms in total. The molecule has 0 atom stereocenters. The molecule has 2 heterocycles. The van der Waals surface area contributed by atoms with Crippen LogP contribution in [0.2, 0.25) is 0 Å². The Morgan fingerprint density at radius 3 is 3.00 bits per heavy atom. The summed E-state index contributed by atoms with van der Waals surface area (Å²) in [6.07, 6.45) is 1.91. The van der Waals surface area contributed by atoms with Gasteiger partial charge in [-0.25, -0.2) is 0 Å². The predicted octanol–water partition coefficient (Wildman–Crippen LogP) is 1.05. The average molecular weight is 163 g/mol. The third kappa shape index (κ3) is 0.845. The van der Waals surface area contributed by atoms with Crippen molar-refractivity contribution in [3.8, 4) is 5.75 Å². The summed E-state index contributed by atoms with van der Waals surface area (Å²) in [5.41, 5.74) is 0.762. The molecule has 0 amide bonds. The number of hydrogen-bond donors (Lipinski definition) is 0. The first-order valence-corrected chi connectivity index (χ1v) is 3.67. The molecule has 0 aliphatic carbocycles. The minimum absolute atomic E-state index is 0.748. The number of aromatic nitrogens is 3. The minimum Gasteiger partial charge on any atom is -0.493 e. The summed E-state index contributed by atoms with van der Waals surface area (Å²) < 4.78 is 7.01. The second-order valence-electron chi connectivity index (χ2n) is 2.52. The molecule has 4 heteroatoms. The van der Waals surface area contributed by atoms with E-state index in [-0.39, 0.29) is 0 Å². The van der Waals surface area contributed by atoms with Crippen LogP contribution in [0.5, 0.6) is 5.75 Å². The van der Waals surface area contributed by atoms with Gasteiger partial charge >= 0.3 is 0 Å². The number of ether oxygens (including phenoxy) is 1. The SMILES string of the molecule is COc1cccn2c(C)nnc12. The van der Waals surface area contributed by atoms with Gasteiger partial charge in [0.05, 0.1) is 7.11 Å². The Balaban J connectivity index is 2.81. The van der Waals surface area contributed by atoms with Gasteiger partial charge in [-0.15, -0.1) is 10.2 Å². The maximum atomic E-state index is 5.12. The lowest BCUT2D eigenvalue weighted by molar-refractivity contribution is 0.417. The molecule has 0 bridgehead atoms. The van der Waals surface area contributed by atoms with Crippen LogP contribution >= 0.6 is 0 Å². The highest BCUT2D eigenvalue weighted by molar-refractivity contribution is 5.52. The van der Waals surface area contributed by atoms with Gasteiger partial charge in [0, 0.05) is 6.20 Å². The highest BCUT2D eigenvalue weighted by atomic mass is 16.5. The fourth-order valence-corrected chi connectivity index (χ4v) is 1.17. The van der Waals surface area contributed by atoms with Crippen LogP contribution in [0.25, 0.3) is 5.65 Å². The number of rotatable bonds is 1. The molecule has 0 N–H and O–H groups in total. The fourth-order valence-electron chi connectivity index (χ4n) is 1.17. The van der Waals surface area contributed by atoms with Gasteiger partial charge in [0.2, 0.25) is 5.65 Å². The Bertz CT molecular complexity index is 408. The Labute approximate surface area is 69.8 Å². The number of pyridine rings is 1. The monoisotopic (exact) mass is 163 g/mol. The van der Waals surface area contributed by atoms with Crippen molar-refractivity contribution in [1.82, 2.24) is 14.6 Å². The Kier molecular flexibility index (Phi) is 1.46. The number of nitrogens with zero attached hydrogens (tertiary/aromatic N) is 3. The summed E-state index contributed by atoms with van der Waals surface area (Å²) in [4.78, 5) is 0. The predicted molar refractivity (Wildman–Crippen MR) is 44.3 cm³/mol. The first-order valence-electron chi connectivity index (χ1n) is 3.67. The molecule has 2 aromatic rings. The maximum absolute atomic E-state index is 5.12. The van der Waals surface area contributed by atoms with Crippen LogP contribution in [0, 0.1) is 6.92 Å². The summed E-state index contributed by atoms with van der Waals surface area (Å²) in [6, 6.07) is 3.77. The fraction of sp³-hybridized carbons (Fsp3) is 0.250. The van der Waals surface area contributed by atoms with Crippen LogP contribution in [0.3, 0.4) is 0 Å². The Morgan fingerprint density at radius 2 is 2.25 bits per heavy atom. The third-order valence-corrected chi connectivity index (χ3v) is 1.79. The van der Waals surface area contributed by atoms with Crippen LogP contribution < -0.4 is 4.74 Å². The van der Waals surface area contributed by atoms with Crippen molar-refractivity contribution in [2.45, 2.75) is 6.92 Å². The minimum atomic E-state index is 0.748. The van der Waals surface area contributed by atoms with Crippen molar-refractivity contribution in [3.05, 3.63) is 24.2 Å². The molecule has 0 aliphatic heterocycles. The molecule has 0 fully saturated rings. The largest absolute Gasteiger partial charge is 0.493 e. The van der Waals surface area contributed by atoms with E-state index in [1.165, 1.54) is 0 Å². The van der Waals surface area contributed by atoms with E-state index in [4.69, 9.17) is 4.74 Å². The molecule has 0 radical (unpaired) electrons. The quantitative estimate of drug-likeness (QED) is 0.630. The third-order valence-electron chi connectivity index (χ3n) is 1.79. The standard InChI is InChI=1S/C8H9N3O/c1-6-9-10-8-7(12-2)4-3-5-11(6)8/h3-5H,1-2H3. The van der Waals surface area contributed by atoms with Gasteiger partial charge in [-0.05, 0) is 19.1 Å². The molecular formula is C8H9N3O. The van der Waals surface area contributed by atoms with Gasteiger partial charge in [0.15, 0.2) is 5.75 Å². The van der Waals surface area contributed by atoms with E-state index >= 15 is 0 Å². The van der Waals surface area contributed by atoms with E-state index in [0.717, 1.165) is 17.2 Å². The molecule has 0 aliphatic rings. The zero-order valence-electron chi connectivity index (χ0n) is 6.98. The second-order valence-corrected chi connectivity index (χ2v) is 2.52. The first kappa shape index (κ1) is 7.09. The van der Waals surface area contributed by atoms with Crippen LogP contribution in [-0.2, 0) is 0 Å². The maximum Gasteiger partial charge on any atom is 0.203 e. The highest BCUT2D eigenvalue weighted by Gasteiger charge is 2.04. The topological polar surface area (TPSA) is 39.4 Å². The van der Waals surface area contributed by atoms with Crippen molar-refractivity contribution in [3.63, 3.8) is 0 Å². The molecule has 0 saturated carbocycles. The zero-order valence-corrected chi connectivity index (χ0v) is 6.98. The van der Waals surface area contributed by atoms with Gasteiger partial charge in [-0.1, -0.05) is 0 Å². The van der Waals surface area contributed by atoms with Crippen molar-refractivity contribution >= 4 is 5.65 Å². The van der Waals surface area contributed by atoms with Gasteiger partial charge < -0.3 is 4.74 Å². The van der Waals surface area contributed by atoms with E-state index in [2.05, 4.69) is 10.2 Å². The van der Waals surface area contributed by atoms with Crippen molar-refractivity contribution < 1.29 is 4.74 Å². The summed E-state index contributed by atoms with van der Waals surface area (Å²) in [5.74, 6) is 1.61. The van der Waals surface area contributed by atoms with Crippen LogP contribution in [0.4, 0.5) is 0 Å². The van der Waals surface area contributed by atoms with Gasteiger partial charge in [-0.2, -0.15) is 0 Å². The Hall–Kier alpha value is -1.58. The van der Waals surface area contributed by atoms with Crippen molar-refractivity contribution in [2.75, 3.05) is 7.11 Å². The molecule has 2 aromatic heterocycles.